The van der Waals surface area contributed by atoms with Crippen molar-refractivity contribution in [1.29, 1.82) is 0 Å². The molecule has 0 aliphatic heterocycles. The van der Waals surface area contributed by atoms with Crippen LogP contribution in [0.4, 0.5) is 11.4 Å². The van der Waals surface area contributed by atoms with Gasteiger partial charge in [0.1, 0.15) is 10.9 Å². The van der Waals surface area contributed by atoms with Crippen LogP contribution in [-0.4, -0.2) is 39.1 Å². The van der Waals surface area contributed by atoms with E-state index in [1.165, 1.54) is 39.2 Å². The van der Waals surface area contributed by atoms with Gasteiger partial charge in [-0.1, -0.05) is 66.7 Å². The van der Waals surface area contributed by atoms with Crippen LogP contribution in [0.25, 0.3) is 6.08 Å². The number of aryl methyl sites for hydroxylation is 2. The lowest BCUT2D eigenvalue weighted by molar-refractivity contribution is -0.116. The zero-order valence-corrected chi connectivity index (χ0v) is 29.8. The van der Waals surface area contributed by atoms with Gasteiger partial charge in [0.05, 0.1) is 21.3 Å². The SMILES string of the molecule is COc1cc(/C=C(/NC(=O)c2ccccc2)C(=O)Nc2cccc(SC(C(=O)Nc3cc(C)ccc3C)c3ccccc3)c2)cc(OC)c1OC. The summed E-state index contributed by atoms with van der Waals surface area (Å²) in [6.07, 6.45) is 1.53. The van der Waals surface area contributed by atoms with Crippen molar-refractivity contribution < 1.29 is 28.6 Å². The van der Waals surface area contributed by atoms with Crippen molar-refractivity contribution in [2.24, 2.45) is 0 Å². The number of benzene rings is 5. The second-order valence-corrected chi connectivity index (χ2v) is 12.7. The number of ether oxygens (including phenoxy) is 3. The van der Waals surface area contributed by atoms with E-state index in [-0.39, 0.29) is 11.6 Å². The second kappa shape index (κ2) is 17.1. The first-order valence-corrected chi connectivity index (χ1v) is 17.0. The molecule has 0 bridgehead atoms. The van der Waals surface area contributed by atoms with Crippen LogP contribution >= 0.6 is 11.8 Å². The lowest BCUT2D eigenvalue weighted by Gasteiger charge is -2.19. The van der Waals surface area contributed by atoms with Gasteiger partial charge in [-0.3, -0.25) is 14.4 Å². The molecule has 0 heterocycles. The Morgan fingerprint density at radius 3 is 2.02 bits per heavy atom. The predicted octanol–water partition coefficient (Wildman–Crippen LogP) is 8.21. The number of nitrogens with one attached hydrogen (secondary N) is 3. The number of methoxy groups -OCH3 is 3. The molecule has 0 saturated carbocycles. The minimum absolute atomic E-state index is 0.0220. The van der Waals surface area contributed by atoms with E-state index in [1.54, 1.807) is 60.7 Å². The number of hydrogen-bond acceptors (Lipinski definition) is 7. The van der Waals surface area contributed by atoms with Gasteiger partial charge in [-0.2, -0.15) is 0 Å². The monoisotopic (exact) mass is 701 g/mol. The molecule has 0 fully saturated rings. The van der Waals surface area contributed by atoms with Crippen molar-refractivity contribution in [2.75, 3.05) is 32.0 Å². The highest BCUT2D eigenvalue weighted by atomic mass is 32.2. The fourth-order valence-corrected chi connectivity index (χ4v) is 6.33. The molecular weight excluding hydrogens is 663 g/mol. The zero-order chi connectivity index (χ0) is 36.3. The highest BCUT2D eigenvalue weighted by molar-refractivity contribution is 8.00. The number of anilines is 2. The maximum atomic E-state index is 13.9. The quantitative estimate of drug-likeness (QED) is 0.0838. The van der Waals surface area contributed by atoms with Crippen molar-refractivity contribution in [3.8, 4) is 17.2 Å². The van der Waals surface area contributed by atoms with Crippen LogP contribution < -0.4 is 30.2 Å². The average molecular weight is 702 g/mol. The molecular formula is C41H39N3O6S. The van der Waals surface area contributed by atoms with Gasteiger partial charge in [0.25, 0.3) is 11.8 Å². The fourth-order valence-electron chi connectivity index (χ4n) is 5.25. The lowest BCUT2D eigenvalue weighted by Crippen LogP contribution is -2.30. The second-order valence-electron chi connectivity index (χ2n) is 11.5. The Balaban J connectivity index is 1.43. The maximum Gasteiger partial charge on any atom is 0.272 e. The zero-order valence-electron chi connectivity index (χ0n) is 29.0. The highest BCUT2D eigenvalue weighted by Crippen LogP contribution is 2.39. The van der Waals surface area contributed by atoms with Crippen molar-refractivity contribution in [3.63, 3.8) is 0 Å². The molecule has 9 nitrogen and oxygen atoms in total. The van der Waals surface area contributed by atoms with Crippen LogP contribution in [0.15, 0.2) is 126 Å². The molecule has 0 aliphatic carbocycles. The number of carbonyl (C=O) groups is 3. The smallest absolute Gasteiger partial charge is 0.272 e. The standard InChI is InChI=1S/C41H39N3O6S/c1-26-19-20-27(2)33(21-26)43-41(47)38(29-13-8-6-9-14-29)51-32-18-12-17-31(25-32)42-40(46)34(44-39(45)30-15-10-7-11-16-30)22-28-23-35(48-3)37(50-5)36(24-28)49-4/h6-25,38H,1-5H3,(H,42,46)(H,43,47)(H,44,45)/b34-22+. The van der Waals surface area contributed by atoms with E-state index in [4.69, 9.17) is 14.2 Å². The minimum Gasteiger partial charge on any atom is -0.493 e. The van der Waals surface area contributed by atoms with Crippen molar-refractivity contribution in [3.05, 3.63) is 149 Å². The summed E-state index contributed by atoms with van der Waals surface area (Å²) in [7, 11) is 4.49. The molecule has 1 unspecified atom stereocenters. The van der Waals surface area contributed by atoms with E-state index in [0.717, 1.165) is 27.3 Å². The molecule has 260 valence electrons. The molecule has 10 heteroatoms. The first kappa shape index (κ1) is 36.3. The van der Waals surface area contributed by atoms with E-state index >= 15 is 0 Å². The van der Waals surface area contributed by atoms with Gasteiger partial charge in [0.15, 0.2) is 11.5 Å². The minimum atomic E-state index is -0.585. The first-order chi connectivity index (χ1) is 24.7. The van der Waals surface area contributed by atoms with Gasteiger partial charge >= 0.3 is 0 Å². The Bertz CT molecular complexity index is 2020. The molecule has 0 radical (unpaired) electrons. The Morgan fingerprint density at radius 2 is 1.37 bits per heavy atom. The number of thioether (sulfide) groups is 1. The van der Waals surface area contributed by atoms with Gasteiger partial charge in [0.2, 0.25) is 11.7 Å². The number of hydrogen-bond donors (Lipinski definition) is 3. The Labute approximate surface area is 302 Å². The van der Waals surface area contributed by atoms with Crippen LogP contribution in [0, 0.1) is 13.8 Å². The molecule has 0 spiro atoms. The van der Waals surface area contributed by atoms with Crippen molar-refractivity contribution in [1.82, 2.24) is 5.32 Å². The van der Waals surface area contributed by atoms with Crippen LogP contribution in [0.5, 0.6) is 17.2 Å². The summed E-state index contributed by atoms with van der Waals surface area (Å²) < 4.78 is 16.4. The number of amides is 3. The molecule has 0 aromatic heterocycles. The van der Waals surface area contributed by atoms with Gasteiger partial charge in [0, 0.05) is 21.8 Å². The van der Waals surface area contributed by atoms with E-state index in [1.807, 2.05) is 68.4 Å². The van der Waals surface area contributed by atoms with E-state index < -0.39 is 17.1 Å². The van der Waals surface area contributed by atoms with E-state index in [9.17, 15) is 14.4 Å². The van der Waals surface area contributed by atoms with Crippen LogP contribution in [-0.2, 0) is 9.59 Å². The Morgan fingerprint density at radius 1 is 0.706 bits per heavy atom. The third kappa shape index (κ3) is 9.37. The van der Waals surface area contributed by atoms with Gasteiger partial charge < -0.3 is 30.2 Å². The van der Waals surface area contributed by atoms with Gasteiger partial charge in [-0.05, 0) is 90.7 Å². The number of carbonyl (C=O) groups excluding carboxylic acids is 3. The summed E-state index contributed by atoms with van der Waals surface area (Å²) in [5, 5.41) is 8.19. The predicted molar refractivity (Wildman–Crippen MR) is 203 cm³/mol. The van der Waals surface area contributed by atoms with Crippen LogP contribution in [0.3, 0.4) is 0 Å². The van der Waals surface area contributed by atoms with Gasteiger partial charge in [-0.25, -0.2) is 0 Å². The van der Waals surface area contributed by atoms with Crippen molar-refractivity contribution >= 4 is 46.9 Å². The molecule has 0 aliphatic rings. The highest BCUT2D eigenvalue weighted by Gasteiger charge is 2.24. The molecule has 5 aromatic rings. The molecule has 3 N–H and O–H groups in total. The summed E-state index contributed by atoms with van der Waals surface area (Å²) in [6.45, 7) is 3.94. The number of rotatable bonds is 13. The summed E-state index contributed by atoms with van der Waals surface area (Å²) >= 11 is 1.36. The van der Waals surface area contributed by atoms with E-state index in [0.29, 0.717) is 34.1 Å². The lowest BCUT2D eigenvalue weighted by atomic mass is 10.1. The third-order valence-corrected chi connectivity index (χ3v) is 9.11. The average Bonchev–Trinajstić information content (AvgIpc) is 3.15. The van der Waals surface area contributed by atoms with Crippen LogP contribution in [0.2, 0.25) is 0 Å². The molecule has 1 atom stereocenters. The molecule has 5 rings (SSSR count). The summed E-state index contributed by atoms with van der Waals surface area (Å²) in [6, 6.07) is 34.6. The van der Waals surface area contributed by atoms with Crippen LogP contribution in [0.1, 0.15) is 37.9 Å². The molecule has 0 saturated heterocycles. The summed E-state index contributed by atoms with van der Waals surface area (Å²) in [4.78, 5) is 41.7. The van der Waals surface area contributed by atoms with Crippen molar-refractivity contribution in [2.45, 2.75) is 24.0 Å². The molecule has 51 heavy (non-hydrogen) atoms. The largest absolute Gasteiger partial charge is 0.493 e. The van der Waals surface area contributed by atoms with E-state index in [2.05, 4.69) is 16.0 Å². The Hall–Kier alpha value is -6.00. The maximum absolute atomic E-state index is 13.9. The van der Waals surface area contributed by atoms with Gasteiger partial charge in [-0.15, -0.1) is 11.8 Å². The topological polar surface area (TPSA) is 115 Å². The third-order valence-electron chi connectivity index (χ3n) is 7.86. The fraction of sp³-hybridized carbons (Fsp3) is 0.146. The Kier molecular flexibility index (Phi) is 12.2. The first-order valence-electron chi connectivity index (χ1n) is 16.1. The molecule has 3 amide bonds. The normalized spacial score (nSPS) is 11.6. The summed E-state index contributed by atoms with van der Waals surface area (Å²) in [5.74, 6) is -0.0411. The molecule has 5 aromatic carbocycles. The summed E-state index contributed by atoms with van der Waals surface area (Å²) in [5.41, 5.74) is 4.94.